The van der Waals surface area contributed by atoms with E-state index < -0.39 is 0 Å². The predicted octanol–water partition coefficient (Wildman–Crippen LogP) is 1.23. The minimum atomic E-state index is 0.0324. The minimum Gasteiger partial charge on any atom is -0.351 e. The van der Waals surface area contributed by atoms with Gasteiger partial charge in [0.25, 0.3) is 0 Å². The third-order valence-electron chi connectivity index (χ3n) is 5.69. The molecule has 24 heavy (non-hydrogen) atoms. The van der Waals surface area contributed by atoms with E-state index in [1.165, 1.54) is 12.8 Å². The molecule has 1 amide bonds. The lowest BCUT2D eigenvalue weighted by molar-refractivity contribution is -0.125. The maximum atomic E-state index is 12.8. The topological polar surface area (TPSA) is 53.4 Å². The summed E-state index contributed by atoms with van der Waals surface area (Å²) in [6.45, 7) is 7.18. The second-order valence-electron chi connectivity index (χ2n) is 7.73. The van der Waals surface area contributed by atoms with Crippen molar-refractivity contribution in [2.75, 3.05) is 33.2 Å². The molecule has 1 unspecified atom stereocenters. The maximum absolute atomic E-state index is 12.8. The number of aromatic nitrogens is 2. The molecule has 0 bridgehead atoms. The molecule has 0 radical (unpaired) electrons. The highest BCUT2D eigenvalue weighted by Gasteiger charge is 2.47. The van der Waals surface area contributed by atoms with E-state index in [4.69, 9.17) is 0 Å². The Morgan fingerprint density at radius 3 is 2.75 bits per heavy atom. The summed E-state index contributed by atoms with van der Waals surface area (Å²) in [5.74, 6) is 0.183. The van der Waals surface area contributed by atoms with Gasteiger partial charge in [0.15, 0.2) is 0 Å². The summed E-state index contributed by atoms with van der Waals surface area (Å²) in [7, 11) is 4.10. The van der Waals surface area contributed by atoms with Gasteiger partial charge in [-0.05, 0) is 57.8 Å². The smallest absolute Gasteiger partial charge is 0.237 e. The van der Waals surface area contributed by atoms with Gasteiger partial charge in [0.2, 0.25) is 5.91 Å². The van der Waals surface area contributed by atoms with E-state index in [2.05, 4.69) is 34.2 Å². The van der Waals surface area contributed by atoms with E-state index in [-0.39, 0.29) is 11.9 Å². The first kappa shape index (κ1) is 17.4. The van der Waals surface area contributed by atoms with Crippen molar-refractivity contribution in [1.29, 1.82) is 0 Å². The Morgan fingerprint density at radius 2 is 2.12 bits per heavy atom. The minimum absolute atomic E-state index is 0.0324. The molecule has 2 aliphatic rings. The molecule has 6 heteroatoms. The van der Waals surface area contributed by atoms with E-state index in [1.807, 2.05) is 19.4 Å². The number of piperidine rings is 1. The number of nitrogens with one attached hydrogen (secondary N) is 1. The average Bonchev–Trinajstić information content (AvgIpc) is 3.13. The van der Waals surface area contributed by atoms with Gasteiger partial charge in [-0.2, -0.15) is 5.10 Å². The largest absolute Gasteiger partial charge is 0.351 e. The van der Waals surface area contributed by atoms with Crippen LogP contribution in [0.25, 0.3) is 0 Å². The van der Waals surface area contributed by atoms with Crippen molar-refractivity contribution in [3.63, 3.8) is 0 Å². The fourth-order valence-electron chi connectivity index (χ4n) is 4.25. The maximum Gasteiger partial charge on any atom is 0.237 e. The van der Waals surface area contributed by atoms with Gasteiger partial charge in [-0.3, -0.25) is 14.4 Å². The number of hydrogen-bond donors (Lipinski definition) is 1. The highest BCUT2D eigenvalue weighted by Crippen LogP contribution is 2.43. The Labute approximate surface area is 145 Å². The Kier molecular flexibility index (Phi) is 5.25. The van der Waals surface area contributed by atoms with Crippen molar-refractivity contribution in [1.82, 2.24) is 24.9 Å². The molecule has 3 rings (SSSR count). The Bertz CT molecular complexity index is 562. The van der Waals surface area contributed by atoms with Crippen LogP contribution in [0.15, 0.2) is 12.4 Å². The summed E-state index contributed by atoms with van der Waals surface area (Å²) in [5, 5.41) is 7.29. The van der Waals surface area contributed by atoms with Crippen LogP contribution in [0.5, 0.6) is 0 Å². The van der Waals surface area contributed by atoms with E-state index >= 15 is 0 Å². The summed E-state index contributed by atoms with van der Waals surface area (Å²) >= 11 is 0. The number of carbonyl (C=O) groups is 1. The van der Waals surface area contributed by atoms with Gasteiger partial charge in [-0.1, -0.05) is 6.92 Å². The van der Waals surface area contributed by atoms with Crippen molar-refractivity contribution >= 4 is 5.91 Å². The first-order valence-corrected chi connectivity index (χ1v) is 9.19. The fraction of sp³-hybridized carbons (Fsp3) is 0.778. The average molecular weight is 333 g/mol. The molecule has 0 aromatic carbocycles. The van der Waals surface area contributed by atoms with Crippen LogP contribution in [0.2, 0.25) is 0 Å². The molecule has 2 fully saturated rings. The molecule has 2 saturated heterocycles. The lowest BCUT2D eigenvalue weighted by atomic mass is 9.76. The molecular formula is C18H31N5O. The monoisotopic (exact) mass is 333 g/mol. The Hall–Kier alpha value is -1.40. The SMILES string of the molecule is CCCN1CC2(CCN(C)CC2)CC1C(=O)NCc1cnn(C)c1. The van der Waals surface area contributed by atoms with Crippen molar-refractivity contribution in [3.8, 4) is 0 Å². The summed E-state index contributed by atoms with van der Waals surface area (Å²) in [4.78, 5) is 17.6. The van der Waals surface area contributed by atoms with E-state index in [1.54, 1.807) is 4.68 Å². The van der Waals surface area contributed by atoms with Crippen LogP contribution in [0.3, 0.4) is 0 Å². The van der Waals surface area contributed by atoms with Gasteiger partial charge in [0.1, 0.15) is 0 Å². The molecule has 0 saturated carbocycles. The Balaban J connectivity index is 1.62. The van der Waals surface area contributed by atoms with E-state index in [0.29, 0.717) is 12.0 Å². The molecule has 1 aromatic rings. The predicted molar refractivity (Wildman–Crippen MR) is 94.5 cm³/mol. The molecule has 1 spiro atoms. The Morgan fingerprint density at radius 1 is 1.38 bits per heavy atom. The zero-order valence-electron chi connectivity index (χ0n) is 15.3. The first-order chi connectivity index (χ1) is 11.5. The third kappa shape index (κ3) is 3.81. The summed E-state index contributed by atoms with van der Waals surface area (Å²) < 4.78 is 1.77. The quantitative estimate of drug-likeness (QED) is 0.881. The zero-order valence-corrected chi connectivity index (χ0v) is 15.3. The second kappa shape index (κ2) is 7.23. The van der Waals surface area contributed by atoms with Crippen LogP contribution in [-0.2, 0) is 18.4 Å². The zero-order chi connectivity index (χ0) is 17.2. The first-order valence-electron chi connectivity index (χ1n) is 9.19. The van der Waals surface area contributed by atoms with Gasteiger partial charge in [0, 0.05) is 31.9 Å². The van der Waals surface area contributed by atoms with Gasteiger partial charge < -0.3 is 10.2 Å². The number of likely N-dealkylation sites (tertiary alicyclic amines) is 2. The lowest BCUT2D eigenvalue weighted by Gasteiger charge is -2.37. The van der Waals surface area contributed by atoms with Gasteiger partial charge >= 0.3 is 0 Å². The number of rotatable bonds is 5. The van der Waals surface area contributed by atoms with Crippen LogP contribution < -0.4 is 5.32 Å². The van der Waals surface area contributed by atoms with Crippen molar-refractivity contribution in [3.05, 3.63) is 18.0 Å². The summed E-state index contributed by atoms with van der Waals surface area (Å²) in [6.07, 6.45) is 8.32. The molecule has 134 valence electrons. The molecule has 0 aliphatic carbocycles. The highest BCUT2D eigenvalue weighted by molar-refractivity contribution is 5.82. The number of nitrogens with zero attached hydrogens (tertiary/aromatic N) is 4. The fourth-order valence-corrected chi connectivity index (χ4v) is 4.25. The van der Waals surface area contributed by atoms with Crippen molar-refractivity contribution in [2.24, 2.45) is 12.5 Å². The second-order valence-corrected chi connectivity index (χ2v) is 7.73. The van der Waals surface area contributed by atoms with Crippen LogP contribution in [-0.4, -0.2) is 64.8 Å². The molecule has 2 aliphatic heterocycles. The van der Waals surface area contributed by atoms with Crippen LogP contribution in [0, 0.1) is 5.41 Å². The standard InChI is InChI=1S/C18H31N5O/c1-4-7-23-14-18(5-8-21(2)9-6-18)10-16(23)17(24)19-11-15-12-20-22(3)13-15/h12-13,16H,4-11,14H2,1-3H3,(H,19,24). The summed E-state index contributed by atoms with van der Waals surface area (Å²) in [6, 6.07) is 0.0324. The molecule has 1 aromatic heterocycles. The van der Waals surface area contributed by atoms with Gasteiger partial charge in [0.05, 0.1) is 12.2 Å². The number of carbonyl (C=O) groups excluding carboxylic acids is 1. The van der Waals surface area contributed by atoms with Gasteiger partial charge in [-0.15, -0.1) is 0 Å². The van der Waals surface area contributed by atoms with Crippen LogP contribution >= 0.6 is 0 Å². The molecule has 6 nitrogen and oxygen atoms in total. The van der Waals surface area contributed by atoms with Crippen molar-refractivity contribution in [2.45, 2.75) is 45.2 Å². The highest BCUT2D eigenvalue weighted by atomic mass is 16.2. The molecule has 1 N–H and O–H groups in total. The molecule has 1 atom stereocenters. The van der Waals surface area contributed by atoms with Crippen molar-refractivity contribution < 1.29 is 4.79 Å². The normalized spacial score (nSPS) is 24.5. The van der Waals surface area contributed by atoms with Crippen LogP contribution in [0.1, 0.15) is 38.2 Å². The van der Waals surface area contributed by atoms with Gasteiger partial charge in [-0.25, -0.2) is 0 Å². The van der Waals surface area contributed by atoms with E-state index in [0.717, 1.165) is 44.6 Å². The summed E-state index contributed by atoms with van der Waals surface area (Å²) in [5.41, 5.74) is 1.40. The molecule has 3 heterocycles. The third-order valence-corrected chi connectivity index (χ3v) is 5.69. The lowest BCUT2D eigenvalue weighted by Crippen LogP contribution is -2.43. The number of hydrogen-bond acceptors (Lipinski definition) is 4. The number of amides is 1. The van der Waals surface area contributed by atoms with Crippen LogP contribution in [0.4, 0.5) is 0 Å². The molecular weight excluding hydrogens is 302 g/mol. The number of aryl methyl sites for hydroxylation is 1. The van der Waals surface area contributed by atoms with E-state index in [9.17, 15) is 4.79 Å².